The molecule has 0 unspecified atom stereocenters. The molecule has 3 rings (SSSR count). The van der Waals surface area contributed by atoms with Crippen molar-refractivity contribution in [3.05, 3.63) is 107 Å². The first-order chi connectivity index (χ1) is 11.7. The lowest BCUT2D eigenvalue weighted by molar-refractivity contribution is 0.0754. The minimum Gasteiger partial charge on any atom is -0.331 e. The second kappa shape index (κ2) is 7.09. The highest BCUT2D eigenvalue weighted by Crippen LogP contribution is 2.28. The third-order valence-corrected chi connectivity index (χ3v) is 4.01. The summed E-state index contributed by atoms with van der Waals surface area (Å²) in [6.45, 7) is 0. The summed E-state index contributed by atoms with van der Waals surface area (Å²) in [5.74, 6) is -0.627. The summed E-state index contributed by atoms with van der Waals surface area (Å²) >= 11 is 0. The zero-order valence-corrected chi connectivity index (χ0v) is 13.4. The molecule has 2 nitrogen and oxygen atoms in total. The summed E-state index contributed by atoms with van der Waals surface area (Å²) in [4.78, 5) is 14.5. The van der Waals surface area contributed by atoms with E-state index in [9.17, 15) is 9.18 Å². The van der Waals surface area contributed by atoms with E-state index in [0.29, 0.717) is 5.56 Å². The number of halogens is 1. The zero-order valence-electron chi connectivity index (χ0n) is 13.4. The fraction of sp³-hybridized carbons (Fsp3) is 0.0952. The van der Waals surface area contributed by atoms with E-state index in [0.717, 1.165) is 11.1 Å². The van der Waals surface area contributed by atoms with Crippen LogP contribution in [0.15, 0.2) is 84.9 Å². The maximum Gasteiger partial charge on any atom is 0.254 e. The summed E-state index contributed by atoms with van der Waals surface area (Å²) < 4.78 is 13.5. The van der Waals surface area contributed by atoms with Crippen LogP contribution >= 0.6 is 0 Å². The van der Waals surface area contributed by atoms with Crippen LogP contribution in [-0.2, 0) is 0 Å². The highest BCUT2D eigenvalue weighted by atomic mass is 19.1. The van der Waals surface area contributed by atoms with Crippen LogP contribution in [0.25, 0.3) is 0 Å². The molecule has 0 fully saturated rings. The molecule has 0 radical (unpaired) electrons. The van der Waals surface area contributed by atoms with Crippen molar-refractivity contribution in [2.24, 2.45) is 0 Å². The molecule has 3 aromatic carbocycles. The molecular weight excluding hydrogens is 301 g/mol. The summed E-state index contributed by atoms with van der Waals surface area (Å²) in [6, 6.07) is 25.2. The number of hydrogen-bond acceptors (Lipinski definition) is 1. The predicted molar refractivity (Wildman–Crippen MR) is 93.2 cm³/mol. The van der Waals surface area contributed by atoms with Crippen molar-refractivity contribution < 1.29 is 9.18 Å². The lowest BCUT2D eigenvalue weighted by Gasteiger charge is -2.29. The molecule has 0 bridgehead atoms. The maximum absolute atomic E-state index is 13.5. The van der Waals surface area contributed by atoms with Crippen LogP contribution < -0.4 is 0 Å². The normalized spacial score (nSPS) is 10.6. The molecule has 0 spiro atoms. The second-order valence-electron chi connectivity index (χ2n) is 5.65. The molecule has 0 saturated carbocycles. The number of carbonyl (C=O) groups is 1. The number of nitrogens with zero attached hydrogens (tertiary/aromatic N) is 1. The van der Waals surface area contributed by atoms with Crippen molar-refractivity contribution in [2.45, 2.75) is 6.04 Å². The molecule has 0 saturated heterocycles. The van der Waals surface area contributed by atoms with Crippen LogP contribution in [0.1, 0.15) is 27.5 Å². The van der Waals surface area contributed by atoms with Crippen LogP contribution in [0.4, 0.5) is 4.39 Å². The smallest absolute Gasteiger partial charge is 0.254 e. The second-order valence-corrected chi connectivity index (χ2v) is 5.65. The van der Waals surface area contributed by atoms with Crippen LogP contribution in [0, 0.1) is 5.82 Å². The Kier molecular flexibility index (Phi) is 4.71. The third-order valence-electron chi connectivity index (χ3n) is 4.01. The van der Waals surface area contributed by atoms with Gasteiger partial charge in [0.05, 0.1) is 6.04 Å². The average Bonchev–Trinajstić information content (AvgIpc) is 2.63. The molecule has 0 atom stereocenters. The molecule has 0 aliphatic carbocycles. The zero-order chi connectivity index (χ0) is 16.9. The number of carbonyl (C=O) groups excluding carboxylic acids is 1. The predicted octanol–water partition coefficient (Wildman–Crippen LogP) is 4.69. The van der Waals surface area contributed by atoms with Crippen LogP contribution in [0.2, 0.25) is 0 Å². The minimum absolute atomic E-state index is 0.216. The Hall–Kier alpha value is -2.94. The summed E-state index contributed by atoms with van der Waals surface area (Å²) in [5.41, 5.74) is 2.36. The molecule has 1 amide bonds. The van der Waals surface area contributed by atoms with Gasteiger partial charge < -0.3 is 4.90 Å². The average molecular weight is 319 g/mol. The van der Waals surface area contributed by atoms with Gasteiger partial charge in [0.2, 0.25) is 0 Å². The monoisotopic (exact) mass is 319 g/mol. The minimum atomic E-state index is -0.412. The Morgan fingerprint density at radius 1 is 0.833 bits per heavy atom. The summed E-state index contributed by atoms with van der Waals surface area (Å²) in [7, 11) is 1.75. The van der Waals surface area contributed by atoms with E-state index in [1.54, 1.807) is 24.1 Å². The Balaban J connectivity index is 2.01. The van der Waals surface area contributed by atoms with Crippen molar-refractivity contribution in [1.82, 2.24) is 4.90 Å². The van der Waals surface area contributed by atoms with E-state index in [2.05, 4.69) is 0 Å². The molecule has 120 valence electrons. The Bertz CT molecular complexity index is 778. The maximum atomic E-state index is 13.5. The van der Waals surface area contributed by atoms with Gasteiger partial charge >= 0.3 is 0 Å². The first-order valence-corrected chi connectivity index (χ1v) is 7.79. The van der Waals surface area contributed by atoms with Gasteiger partial charge in [0.25, 0.3) is 5.91 Å². The van der Waals surface area contributed by atoms with Crippen LogP contribution in [0.3, 0.4) is 0 Å². The molecule has 0 aliphatic rings. The SMILES string of the molecule is CN(C(=O)c1cccc(F)c1)C(c1ccccc1)c1ccccc1. The van der Waals surface area contributed by atoms with Crippen LogP contribution in [-0.4, -0.2) is 17.9 Å². The molecule has 24 heavy (non-hydrogen) atoms. The highest BCUT2D eigenvalue weighted by molar-refractivity contribution is 5.94. The van der Waals surface area contributed by atoms with Crippen LogP contribution in [0.5, 0.6) is 0 Å². The Labute approximate surface area is 141 Å². The third kappa shape index (κ3) is 3.35. The summed E-state index contributed by atoms with van der Waals surface area (Å²) in [6.07, 6.45) is 0. The van der Waals surface area contributed by atoms with E-state index in [4.69, 9.17) is 0 Å². The van der Waals surface area contributed by atoms with E-state index in [1.165, 1.54) is 12.1 Å². The first kappa shape index (κ1) is 15.9. The van der Waals surface area contributed by atoms with Crippen molar-refractivity contribution in [1.29, 1.82) is 0 Å². The fourth-order valence-electron chi connectivity index (χ4n) is 2.85. The van der Waals surface area contributed by atoms with Gasteiger partial charge in [0, 0.05) is 12.6 Å². The van der Waals surface area contributed by atoms with Gasteiger partial charge in [-0.2, -0.15) is 0 Å². The lowest BCUT2D eigenvalue weighted by atomic mass is 9.97. The molecular formula is C21H18FNO. The Morgan fingerprint density at radius 3 is 1.88 bits per heavy atom. The van der Waals surface area contributed by atoms with Crippen molar-refractivity contribution in [3.63, 3.8) is 0 Å². The van der Waals surface area contributed by atoms with Gasteiger partial charge in [-0.15, -0.1) is 0 Å². The van der Waals surface area contributed by atoms with E-state index in [1.807, 2.05) is 60.7 Å². The molecule has 3 aromatic rings. The molecule has 0 heterocycles. The lowest BCUT2D eigenvalue weighted by Crippen LogP contribution is -2.32. The number of rotatable bonds is 4. The standard InChI is InChI=1S/C21H18FNO/c1-23(21(24)18-13-8-14-19(22)15-18)20(16-9-4-2-5-10-16)17-11-6-3-7-12-17/h2-15,20H,1H3. The Morgan fingerprint density at radius 2 is 1.38 bits per heavy atom. The fourth-order valence-corrected chi connectivity index (χ4v) is 2.85. The number of benzene rings is 3. The highest BCUT2D eigenvalue weighted by Gasteiger charge is 2.24. The number of hydrogen-bond donors (Lipinski definition) is 0. The van der Waals surface area contributed by atoms with Gasteiger partial charge in [0.1, 0.15) is 5.82 Å². The van der Waals surface area contributed by atoms with Gasteiger partial charge in [-0.25, -0.2) is 4.39 Å². The van der Waals surface area contributed by atoms with Gasteiger partial charge in [0.15, 0.2) is 0 Å². The van der Waals surface area contributed by atoms with Gasteiger partial charge in [-0.1, -0.05) is 66.7 Å². The summed E-state index contributed by atoms with van der Waals surface area (Å²) in [5, 5.41) is 0. The molecule has 0 aromatic heterocycles. The van der Waals surface area contributed by atoms with Crippen molar-refractivity contribution in [3.8, 4) is 0 Å². The quantitative estimate of drug-likeness (QED) is 0.683. The molecule has 3 heteroatoms. The van der Waals surface area contributed by atoms with Gasteiger partial charge in [-0.3, -0.25) is 4.79 Å². The van der Waals surface area contributed by atoms with Crippen molar-refractivity contribution in [2.75, 3.05) is 7.05 Å². The van der Waals surface area contributed by atoms with E-state index >= 15 is 0 Å². The van der Waals surface area contributed by atoms with Crippen molar-refractivity contribution >= 4 is 5.91 Å². The molecule has 0 N–H and O–H groups in total. The largest absolute Gasteiger partial charge is 0.331 e. The van der Waals surface area contributed by atoms with E-state index in [-0.39, 0.29) is 11.9 Å². The van der Waals surface area contributed by atoms with Gasteiger partial charge in [-0.05, 0) is 29.3 Å². The first-order valence-electron chi connectivity index (χ1n) is 7.79. The topological polar surface area (TPSA) is 20.3 Å². The molecule has 0 aliphatic heterocycles. The number of amides is 1. The van der Waals surface area contributed by atoms with E-state index < -0.39 is 5.82 Å².